The van der Waals surface area contributed by atoms with Crippen molar-refractivity contribution in [1.82, 2.24) is 14.7 Å². The Morgan fingerprint density at radius 1 is 1.21 bits per heavy atom. The van der Waals surface area contributed by atoms with Gasteiger partial charge in [0.15, 0.2) is 0 Å². The first-order valence-corrected chi connectivity index (χ1v) is 8.10. The second kappa shape index (κ2) is 6.47. The number of likely N-dealkylation sites (tertiary alicyclic amines) is 1. The zero-order valence-electron chi connectivity index (χ0n) is 13.9. The van der Waals surface area contributed by atoms with E-state index >= 15 is 0 Å². The lowest BCUT2D eigenvalue weighted by molar-refractivity contribution is 0.0687. The number of benzene rings is 1. The van der Waals surface area contributed by atoms with E-state index in [2.05, 4.69) is 5.10 Å². The molecular formula is C18H21N3O3. The average molecular weight is 327 g/mol. The molecule has 6 nitrogen and oxygen atoms in total. The average Bonchev–Trinajstić information content (AvgIpc) is 3.07. The fourth-order valence-electron chi connectivity index (χ4n) is 3.13. The fraction of sp³-hybridized carbons (Fsp3) is 0.389. The van der Waals surface area contributed by atoms with E-state index in [1.807, 2.05) is 36.9 Å². The molecule has 1 aromatic heterocycles. The van der Waals surface area contributed by atoms with Crippen LogP contribution in [0.15, 0.2) is 30.6 Å². The van der Waals surface area contributed by atoms with Gasteiger partial charge in [0.25, 0.3) is 5.91 Å². The molecule has 24 heavy (non-hydrogen) atoms. The molecule has 0 spiro atoms. The molecule has 2 aromatic rings. The van der Waals surface area contributed by atoms with E-state index in [9.17, 15) is 9.59 Å². The van der Waals surface area contributed by atoms with Crippen molar-refractivity contribution in [2.24, 2.45) is 0 Å². The predicted molar refractivity (Wildman–Crippen MR) is 89.3 cm³/mol. The van der Waals surface area contributed by atoms with Crippen LogP contribution in [0.3, 0.4) is 0 Å². The second-order valence-corrected chi connectivity index (χ2v) is 6.29. The number of aryl methyl sites for hydroxylation is 1. The Hall–Kier alpha value is -2.63. The van der Waals surface area contributed by atoms with Gasteiger partial charge in [-0.3, -0.25) is 9.48 Å². The van der Waals surface area contributed by atoms with Gasteiger partial charge in [-0.05, 0) is 43.9 Å². The van der Waals surface area contributed by atoms with Gasteiger partial charge in [0.05, 0.1) is 17.8 Å². The van der Waals surface area contributed by atoms with Crippen LogP contribution < -0.4 is 0 Å². The van der Waals surface area contributed by atoms with E-state index in [1.165, 1.54) is 6.20 Å². The van der Waals surface area contributed by atoms with Gasteiger partial charge in [-0.15, -0.1) is 0 Å². The standard InChI is InChI=1S/C18H21N3O3/c1-12-4-3-5-16(13(12)2)17(22)20-8-6-15(7-9-20)21-11-14(10-19-21)18(23)24/h3-5,10-11,15H,6-9H2,1-2H3,(H,23,24). The fourth-order valence-corrected chi connectivity index (χ4v) is 3.13. The lowest BCUT2D eigenvalue weighted by Crippen LogP contribution is -2.39. The van der Waals surface area contributed by atoms with Gasteiger partial charge in [0.2, 0.25) is 0 Å². The zero-order valence-corrected chi connectivity index (χ0v) is 13.9. The Bertz CT molecular complexity index is 774. The van der Waals surface area contributed by atoms with Gasteiger partial charge in [0.1, 0.15) is 0 Å². The summed E-state index contributed by atoms with van der Waals surface area (Å²) in [6, 6.07) is 5.94. The third kappa shape index (κ3) is 3.04. The lowest BCUT2D eigenvalue weighted by atomic mass is 10.00. The van der Waals surface area contributed by atoms with E-state index < -0.39 is 5.97 Å². The van der Waals surface area contributed by atoms with E-state index in [1.54, 1.807) is 10.9 Å². The van der Waals surface area contributed by atoms with Gasteiger partial charge in [-0.25, -0.2) is 4.79 Å². The van der Waals surface area contributed by atoms with Gasteiger partial charge in [-0.1, -0.05) is 12.1 Å². The highest BCUT2D eigenvalue weighted by Crippen LogP contribution is 2.24. The van der Waals surface area contributed by atoms with Gasteiger partial charge in [-0.2, -0.15) is 5.10 Å². The number of aromatic nitrogens is 2. The molecule has 0 atom stereocenters. The number of carbonyl (C=O) groups is 2. The number of hydrogen-bond donors (Lipinski definition) is 1. The Labute approximate surface area is 140 Å². The molecule has 1 N–H and O–H groups in total. The Kier molecular flexibility index (Phi) is 4.38. The van der Waals surface area contributed by atoms with E-state index in [0.717, 1.165) is 29.5 Å². The summed E-state index contributed by atoms with van der Waals surface area (Å²) in [5.74, 6) is -0.898. The molecule has 0 saturated carbocycles. The smallest absolute Gasteiger partial charge is 0.338 e. The van der Waals surface area contributed by atoms with Crippen LogP contribution in [0.4, 0.5) is 0 Å². The maximum Gasteiger partial charge on any atom is 0.338 e. The molecule has 0 unspecified atom stereocenters. The van der Waals surface area contributed by atoms with Crippen molar-refractivity contribution in [1.29, 1.82) is 0 Å². The first-order valence-electron chi connectivity index (χ1n) is 8.10. The van der Waals surface area contributed by atoms with Crippen molar-refractivity contribution in [3.05, 3.63) is 52.8 Å². The quantitative estimate of drug-likeness (QED) is 0.940. The van der Waals surface area contributed by atoms with Crippen molar-refractivity contribution < 1.29 is 14.7 Å². The Morgan fingerprint density at radius 2 is 1.92 bits per heavy atom. The number of piperidine rings is 1. The monoisotopic (exact) mass is 327 g/mol. The van der Waals surface area contributed by atoms with Crippen molar-refractivity contribution in [2.75, 3.05) is 13.1 Å². The number of carboxylic acids is 1. The topological polar surface area (TPSA) is 75.4 Å². The summed E-state index contributed by atoms with van der Waals surface area (Å²) in [7, 11) is 0. The highest BCUT2D eigenvalue weighted by atomic mass is 16.4. The molecule has 6 heteroatoms. The molecule has 0 aliphatic carbocycles. The Morgan fingerprint density at radius 3 is 2.54 bits per heavy atom. The molecule has 1 aromatic carbocycles. The van der Waals surface area contributed by atoms with Crippen LogP contribution in [-0.2, 0) is 0 Å². The predicted octanol–water partition coefficient (Wildman–Crippen LogP) is 2.68. The summed E-state index contributed by atoms with van der Waals surface area (Å²) >= 11 is 0. The third-order valence-corrected chi connectivity index (χ3v) is 4.81. The Balaban J connectivity index is 1.67. The maximum atomic E-state index is 12.7. The highest BCUT2D eigenvalue weighted by Gasteiger charge is 2.26. The number of rotatable bonds is 3. The van der Waals surface area contributed by atoms with E-state index in [4.69, 9.17) is 5.11 Å². The van der Waals surface area contributed by atoms with Crippen LogP contribution in [0.5, 0.6) is 0 Å². The van der Waals surface area contributed by atoms with Crippen LogP contribution in [-0.4, -0.2) is 44.8 Å². The summed E-state index contributed by atoms with van der Waals surface area (Å²) in [4.78, 5) is 25.6. The molecule has 1 fully saturated rings. The third-order valence-electron chi connectivity index (χ3n) is 4.81. The lowest BCUT2D eigenvalue weighted by Gasteiger charge is -2.32. The number of amides is 1. The molecule has 1 amide bonds. The SMILES string of the molecule is Cc1cccc(C(=O)N2CCC(n3cc(C(=O)O)cn3)CC2)c1C. The summed E-state index contributed by atoms with van der Waals surface area (Å²) in [5, 5.41) is 13.1. The number of carbonyl (C=O) groups excluding carboxylic acids is 1. The van der Waals surface area contributed by atoms with Crippen molar-refractivity contribution >= 4 is 11.9 Å². The maximum absolute atomic E-state index is 12.7. The van der Waals surface area contributed by atoms with Crippen LogP contribution >= 0.6 is 0 Å². The molecule has 2 heterocycles. The molecular weight excluding hydrogens is 306 g/mol. The van der Waals surface area contributed by atoms with Gasteiger partial charge < -0.3 is 10.0 Å². The molecule has 1 aliphatic rings. The minimum atomic E-state index is -0.969. The number of hydrogen-bond acceptors (Lipinski definition) is 3. The minimum absolute atomic E-state index is 0.0707. The van der Waals surface area contributed by atoms with Crippen molar-refractivity contribution in [2.45, 2.75) is 32.7 Å². The second-order valence-electron chi connectivity index (χ2n) is 6.29. The summed E-state index contributed by atoms with van der Waals surface area (Å²) in [6.45, 7) is 5.29. The van der Waals surface area contributed by atoms with E-state index in [-0.39, 0.29) is 17.5 Å². The minimum Gasteiger partial charge on any atom is -0.478 e. The van der Waals surface area contributed by atoms with Crippen molar-refractivity contribution in [3.8, 4) is 0 Å². The van der Waals surface area contributed by atoms with Crippen LogP contribution in [0.2, 0.25) is 0 Å². The number of nitrogens with zero attached hydrogens (tertiary/aromatic N) is 3. The molecule has 0 bridgehead atoms. The first kappa shape index (κ1) is 16.2. The summed E-state index contributed by atoms with van der Waals surface area (Å²) < 4.78 is 1.71. The zero-order chi connectivity index (χ0) is 17.3. The highest BCUT2D eigenvalue weighted by molar-refractivity contribution is 5.96. The molecule has 0 radical (unpaired) electrons. The summed E-state index contributed by atoms with van der Waals surface area (Å²) in [6.07, 6.45) is 4.49. The van der Waals surface area contributed by atoms with Crippen LogP contribution in [0.1, 0.15) is 50.7 Å². The largest absolute Gasteiger partial charge is 0.478 e. The van der Waals surface area contributed by atoms with Crippen LogP contribution in [0.25, 0.3) is 0 Å². The molecule has 1 saturated heterocycles. The molecule has 126 valence electrons. The summed E-state index contributed by atoms with van der Waals surface area (Å²) in [5.41, 5.74) is 3.11. The first-order chi connectivity index (χ1) is 11.5. The normalized spacial score (nSPS) is 15.5. The van der Waals surface area contributed by atoms with E-state index in [0.29, 0.717) is 13.1 Å². The van der Waals surface area contributed by atoms with Crippen LogP contribution in [0, 0.1) is 13.8 Å². The van der Waals surface area contributed by atoms with Gasteiger partial charge >= 0.3 is 5.97 Å². The van der Waals surface area contributed by atoms with Gasteiger partial charge in [0, 0.05) is 24.8 Å². The van der Waals surface area contributed by atoms with Crippen molar-refractivity contribution in [3.63, 3.8) is 0 Å². The number of aromatic carboxylic acids is 1. The number of carboxylic acid groups (broad SMARTS) is 1. The molecule has 1 aliphatic heterocycles. The molecule has 3 rings (SSSR count).